The molecular weight excluding hydrogens is 260 g/mol. The number of nitrogens with zero attached hydrogens (tertiary/aromatic N) is 3. The van der Waals surface area contributed by atoms with Crippen LogP contribution in [0.4, 0.5) is 11.8 Å². The smallest absolute Gasteiger partial charge is 0.224 e. The average molecular weight is 284 g/mol. The highest BCUT2D eigenvalue weighted by Gasteiger charge is 2.11. The zero-order chi connectivity index (χ0) is 15.1. The number of benzene rings is 1. The minimum atomic E-state index is 0.712. The van der Waals surface area contributed by atoms with Crippen LogP contribution >= 0.6 is 0 Å². The third kappa shape index (κ3) is 4.18. The van der Waals surface area contributed by atoms with Gasteiger partial charge in [0.1, 0.15) is 5.82 Å². The molecule has 4 nitrogen and oxygen atoms in total. The van der Waals surface area contributed by atoms with Crippen LogP contribution in [0.1, 0.15) is 31.4 Å². The molecule has 4 heteroatoms. The quantitative estimate of drug-likeness (QED) is 0.843. The molecule has 0 bridgehead atoms. The summed E-state index contributed by atoms with van der Waals surface area (Å²) in [6.07, 6.45) is 2.96. The molecule has 0 amide bonds. The van der Waals surface area contributed by atoms with E-state index >= 15 is 0 Å². The summed E-state index contributed by atoms with van der Waals surface area (Å²) < 4.78 is 0. The molecule has 2 rings (SSSR count). The number of aryl methyl sites for hydroxylation is 1. The van der Waals surface area contributed by atoms with Crippen molar-refractivity contribution in [1.29, 1.82) is 0 Å². The van der Waals surface area contributed by atoms with Crippen LogP contribution in [-0.4, -0.2) is 23.1 Å². The summed E-state index contributed by atoms with van der Waals surface area (Å²) in [4.78, 5) is 11.3. The van der Waals surface area contributed by atoms with Crippen molar-refractivity contribution in [2.45, 2.75) is 33.7 Å². The molecule has 112 valence electrons. The number of hydrogen-bond donors (Lipinski definition) is 1. The Bertz CT molecular complexity index is 554. The zero-order valence-electron chi connectivity index (χ0n) is 13.1. The molecule has 1 aromatic heterocycles. The molecule has 1 aromatic carbocycles. The Morgan fingerprint density at radius 2 is 1.90 bits per heavy atom. The molecule has 0 spiro atoms. The van der Waals surface area contributed by atoms with E-state index in [1.165, 1.54) is 5.56 Å². The van der Waals surface area contributed by atoms with Crippen LogP contribution in [0, 0.1) is 6.92 Å². The third-order valence-corrected chi connectivity index (χ3v) is 3.38. The predicted octanol–water partition coefficient (Wildman–Crippen LogP) is 3.63. The van der Waals surface area contributed by atoms with Crippen molar-refractivity contribution in [2.24, 2.45) is 0 Å². The van der Waals surface area contributed by atoms with Gasteiger partial charge in [0, 0.05) is 31.4 Å². The van der Waals surface area contributed by atoms with Gasteiger partial charge in [-0.25, -0.2) is 4.98 Å². The van der Waals surface area contributed by atoms with Gasteiger partial charge in [0.15, 0.2) is 0 Å². The lowest BCUT2D eigenvalue weighted by Crippen LogP contribution is -2.24. The van der Waals surface area contributed by atoms with E-state index in [2.05, 4.69) is 65.2 Å². The molecular formula is C17H24N4. The molecule has 0 fully saturated rings. The lowest BCUT2D eigenvalue weighted by molar-refractivity contribution is 0.803. The van der Waals surface area contributed by atoms with Crippen LogP contribution in [0.2, 0.25) is 0 Å². The van der Waals surface area contributed by atoms with Gasteiger partial charge in [0.05, 0.1) is 0 Å². The second kappa shape index (κ2) is 7.62. The van der Waals surface area contributed by atoms with Crippen molar-refractivity contribution >= 4 is 11.8 Å². The Balaban J connectivity index is 2.20. The second-order valence-corrected chi connectivity index (χ2v) is 5.13. The van der Waals surface area contributed by atoms with Crippen LogP contribution in [0.3, 0.4) is 0 Å². The third-order valence-electron chi connectivity index (χ3n) is 3.38. The monoisotopic (exact) mass is 284 g/mol. The topological polar surface area (TPSA) is 41.1 Å². The van der Waals surface area contributed by atoms with Gasteiger partial charge in [0.25, 0.3) is 0 Å². The molecule has 1 N–H and O–H groups in total. The first-order valence-electron chi connectivity index (χ1n) is 7.61. The molecule has 0 aliphatic heterocycles. The normalized spacial score (nSPS) is 10.4. The molecule has 1 heterocycles. The maximum absolute atomic E-state index is 4.68. The lowest BCUT2D eigenvalue weighted by atomic mass is 10.2. The first-order chi connectivity index (χ1) is 10.2. The van der Waals surface area contributed by atoms with Gasteiger partial charge in [-0.1, -0.05) is 37.3 Å². The molecule has 2 aromatic rings. The molecule has 0 radical (unpaired) electrons. The highest BCUT2D eigenvalue weighted by atomic mass is 15.2. The van der Waals surface area contributed by atoms with E-state index in [0.717, 1.165) is 37.4 Å². The summed E-state index contributed by atoms with van der Waals surface area (Å²) in [5.41, 5.74) is 2.40. The number of aromatic nitrogens is 2. The average Bonchev–Trinajstić information content (AvgIpc) is 2.53. The Hall–Kier alpha value is -2.10. The number of nitrogens with one attached hydrogen (secondary N) is 1. The summed E-state index contributed by atoms with van der Waals surface area (Å²) in [7, 11) is 0. The van der Waals surface area contributed by atoms with E-state index in [4.69, 9.17) is 0 Å². The Morgan fingerprint density at radius 1 is 1.14 bits per heavy atom. The minimum absolute atomic E-state index is 0.712. The number of rotatable bonds is 7. The van der Waals surface area contributed by atoms with Gasteiger partial charge in [-0.05, 0) is 25.8 Å². The van der Waals surface area contributed by atoms with Crippen molar-refractivity contribution in [2.75, 3.05) is 23.3 Å². The molecule has 0 atom stereocenters. The number of hydrogen-bond acceptors (Lipinski definition) is 4. The van der Waals surface area contributed by atoms with Crippen LogP contribution in [0.15, 0.2) is 36.5 Å². The van der Waals surface area contributed by atoms with Crippen molar-refractivity contribution in [1.82, 2.24) is 9.97 Å². The first-order valence-corrected chi connectivity index (χ1v) is 7.61. The van der Waals surface area contributed by atoms with Gasteiger partial charge in [0.2, 0.25) is 5.95 Å². The Morgan fingerprint density at radius 3 is 2.57 bits per heavy atom. The molecule has 0 aliphatic rings. The van der Waals surface area contributed by atoms with Crippen molar-refractivity contribution < 1.29 is 0 Å². The summed E-state index contributed by atoms with van der Waals surface area (Å²) in [5, 5.41) is 3.26. The SMILES string of the molecule is CCCNc1ncc(C)c(N(CC)Cc2ccccc2)n1. The summed E-state index contributed by atoms with van der Waals surface area (Å²) in [6.45, 7) is 9.03. The fourth-order valence-electron chi connectivity index (χ4n) is 2.22. The van der Waals surface area contributed by atoms with E-state index in [9.17, 15) is 0 Å². The van der Waals surface area contributed by atoms with Crippen LogP contribution in [-0.2, 0) is 6.54 Å². The Labute approximate surface area is 127 Å². The van der Waals surface area contributed by atoms with Crippen molar-refractivity contribution in [3.8, 4) is 0 Å². The fourth-order valence-corrected chi connectivity index (χ4v) is 2.22. The second-order valence-electron chi connectivity index (χ2n) is 5.13. The summed E-state index contributed by atoms with van der Waals surface area (Å²) in [5.74, 6) is 1.72. The molecule has 0 unspecified atom stereocenters. The molecule has 0 saturated carbocycles. The van der Waals surface area contributed by atoms with Gasteiger partial charge in [-0.15, -0.1) is 0 Å². The van der Waals surface area contributed by atoms with Gasteiger partial charge < -0.3 is 10.2 Å². The molecule has 0 aliphatic carbocycles. The summed E-state index contributed by atoms with van der Waals surface area (Å²) in [6, 6.07) is 10.5. The van der Waals surface area contributed by atoms with Gasteiger partial charge in [-0.2, -0.15) is 4.98 Å². The van der Waals surface area contributed by atoms with Crippen molar-refractivity contribution in [3.05, 3.63) is 47.7 Å². The van der Waals surface area contributed by atoms with E-state index in [-0.39, 0.29) is 0 Å². The first kappa shape index (κ1) is 15.3. The number of anilines is 2. The van der Waals surface area contributed by atoms with Gasteiger partial charge >= 0.3 is 0 Å². The fraction of sp³-hybridized carbons (Fsp3) is 0.412. The van der Waals surface area contributed by atoms with E-state index in [0.29, 0.717) is 5.95 Å². The molecule has 21 heavy (non-hydrogen) atoms. The van der Waals surface area contributed by atoms with E-state index in [1.807, 2.05) is 12.3 Å². The molecule has 0 saturated heterocycles. The highest BCUT2D eigenvalue weighted by Crippen LogP contribution is 2.20. The van der Waals surface area contributed by atoms with Crippen molar-refractivity contribution in [3.63, 3.8) is 0 Å². The van der Waals surface area contributed by atoms with E-state index in [1.54, 1.807) is 0 Å². The van der Waals surface area contributed by atoms with E-state index < -0.39 is 0 Å². The largest absolute Gasteiger partial charge is 0.354 e. The minimum Gasteiger partial charge on any atom is -0.354 e. The summed E-state index contributed by atoms with van der Waals surface area (Å²) >= 11 is 0. The van der Waals surface area contributed by atoms with Crippen LogP contribution in [0.25, 0.3) is 0 Å². The van der Waals surface area contributed by atoms with Gasteiger partial charge in [-0.3, -0.25) is 0 Å². The lowest BCUT2D eigenvalue weighted by Gasteiger charge is -2.24. The highest BCUT2D eigenvalue weighted by molar-refractivity contribution is 5.49. The zero-order valence-corrected chi connectivity index (χ0v) is 13.1. The van der Waals surface area contributed by atoms with Crippen LogP contribution < -0.4 is 10.2 Å². The maximum Gasteiger partial charge on any atom is 0.224 e. The standard InChI is InChI=1S/C17H24N4/c1-4-11-18-17-19-12-14(3)16(20-17)21(5-2)13-15-9-7-6-8-10-15/h6-10,12H,4-5,11,13H2,1-3H3,(H,18,19,20). The maximum atomic E-state index is 4.68. The predicted molar refractivity (Wildman–Crippen MR) is 88.7 cm³/mol. The Kier molecular flexibility index (Phi) is 5.55. The van der Waals surface area contributed by atoms with Crippen LogP contribution in [0.5, 0.6) is 0 Å².